The number of nitrogens with one attached hydrogen (secondary N) is 1. The summed E-state index contributed by atoms with van der Waals surface area (Å²) in [6, 6.07) is -0.374. The van der Waals surface area contributed by atoms with Crippen LogP contribution in [0, 0.1) is 0 Å². The summed E-state index contributed by atoms with van der Waals surface area (Å²) in [4.78, 5) is 22.5. The third kappa shape index (κ3) is 4.72. The largest absolute Gasteiger partial charge is 0.437 e. The Kier molecular flexibility index (Phi) is 4.44. The standard InChI is InChI=1S/C11H19NO4/c1-11(2,3)16-7-15-10(14)9-5-4-8(13)6-12-9/h9,12H,4-7H2,1-3H3. The van der Waals surface area contributed by atoms with Crippen molar-refractivity contribution >= 4 is 11.8 Å². The van der Waals surface area contributed by atoms with Crippen LogP contribution in [0.4, 0.5) is 0 Å². The molecule has 0 radical (unpaired) electrons. The van der Waals surface area contributed by atoms with Gasteiger partial charge in [-0.1, -0.05) is 0 Å². The third-order valence-corrected chi connectivity index (χ3v) is 2.24. The monoisotopic (exact) mass is 229 g/mol. The summed E-state index contributed by atoms with van der Waals surface area (Å²) < 4.78 is 10.2. The minimum absolute atomic E-state index is 0.0472. The Hall–Kier alpha value is -0.940. The number of piperidine rings is 1. The Morgan fingerprint density at radius 1 is 1.50 bits per heavy atom. The summed E-state index contributed by atoms with van der Waals surface area (Å²) in [5, 5.41) is 2.84. The van der Waals surface area contributed by atoms with E-state index < -0.39 is 0 Å². The first-order chi connectivity index (χ1) is 7.38. The van der Waals surface area contributed by atoms with Crippen molar-refractivity contribution in [2.75, 3.05) is 13.3 Å². The minimum Gasteiger partial charge on any atom is -0.437 e. The van der Waals surface area contributed by atoms with Gasteiger partial charge >= 0.3 is 5.97 Å². The topological polar surface area (TPSA) is 64.6 Å². The van der Waals surface area contributed by atoms with Crippen LogP contribution in [0.2, 0.25) is 0 Å². The number of esters is 1. The molecule has 0 aromatic carbocycles. The van der Waals surface area contributed by atoms with Crippen molar-refractivity contribution in [1.29, 1.82) is 0 Å². The van der Waals surface area contributed by atoms with Crippen molar-refractivity contribution < 1.29 is 19.1 Å². The van der Waals surface area contributed by atoms with Gasteiger partial charge in [-0.05, 0) is 27.2 Å². The quantitative estimate of drug-likeness (QED) is 0.568. The molecule has 92 valence electrons. The average Bonchev–Trinajstić information content (AvgIpc) is 2.16. The Labute approximate surface area is 95.5 Å². The molecule has 1 N–H and O–H groups in total. The molecule has 0 aromatic heterocycles. The molecule has 0 spiro atoms. The number of hydrogen-bond donors (Lipinski definition) is 1. The van der Waals surface area contributed by atoms with Crippen LogP contribution in [0.1, 0.15) is 33.6 Å². The van der Waals surface area contributed by atoms with Gasteiger partial charge in [-0.2, -0.15) is 0 Å². The maximum Gasteiger partial charge on any atom is 0.325 e. The molecular formula is C11H19NO4. The van der Waals surface area contributed by atoms with Crippen molar-refractivity contribution in [3.8, 4) is 0 Å². The molecule has 5 heteroatoms. The van der Waals surface area contributed by atoms with Crippen LogP contribution in [-0.2, 0) is 19.1 Å². The molecule has 0 aromatic rings. The fourth-order valence-electron chi connectivity index (χ4n) is 1.30. The van der Waals surface area contributed by atoms with E-state index in [4.69, 9.17) is 9.47 Å². The molecule has 0 aliphatic carbocycles. The zero-order chi connectivity index (χ0) is 12.2. The lowest BCUT2D eigenvalue weighted by Crippen LogP contribution is -2.45. The average molecular weight is 229 g/mol. The number of hydrogen-bond acceptors (Lipinski definition) is 5. The van der Waals surface area contributed by atoms with Crippen LogP contribution in [0.5, 0.6) is 0 Å². The van der Waals surface area contributed by atoms with Gasteiger partial charge < -0.3 is 9.47 Å². The van der Waals surface area contributed by atoms with Crippen molar-refractivity contribution in [2.45, 2.75) is 45.3 Å². The van der Waals surface area contributed by atoms with Crippen molar-refractivity contribution in [3.05, 3.63) is 0 Å². The normalized spacial score (nSPS) is 21.9. The van der Waals surface area contributed by atoms with Crippen LogP contribution >= 0.6 is 0 Å². The highest BCUT2D eigenvalue weighted by Gasteiger charge is 2.25. The van der Waals surface area contributed by atoms with Gasteiger partial charge in [0, 0.05) is 6.42 Å². The smallest absolute Gasteiger partial charge is 0.325 e. The molecule has 16 heavy (non-hydrogen) atoms. The van der Waals surface area contributed by atoms with Crippen molar-refractivity contribution in [3.63, 3.8) is 0 Å². The lowest BCUT2D eigenvalue weighted by atomic mass is 10.0. The molecule has 1 aliphatic rings. The lowest BCUT2D eigenvalue weighted by molar-refractivity contribution is -0.169. The number of carbonyl (C=O) groups is 2. The van der Waals surface area contributed by atoms with Gasteiger partial charge in [0.05, 0.1) is 12.1 Å². The van der Waals surface area contributed by atoms with E-state index in [1.807, 2.05) is 20.8 Å². The molecule has 1 heterocycles. The van der Waals surface area contributed by atoms with Crippen LogP contribution < -0.4 is 5.32 Å². The van der Waals surface area contributed by atoms with E-state index >= 15 is 0 Å². The van der Waals surface area contributed by atoms with Gasteiger partial charge in [0.25, 0.3) is 0 Å². The number of carbonyl (C=O) groups excluding carboxylic acids is 2. The fraction of sp³-hybridized carbons (Fsp3) is 0.818. The Balaban J connectivity index is 2.22. The van der Waals surface area contributed by atoms with Crippen LogP contribution in [0.3, 0.4) is 0 Å². The predicted molar refractivity (Wildman–Crippen MR) is 57.8 cm³/mol. The summed E-state index contributed by atoms with van der Waals surface area (Å²) in [6.07, 6.45) is 0.945. The van der Waals surface area contributed by atoms with Gasteiger partial charge in [-0.25, -0.2) is 0 Å². The first kappa shape index (κ1) is 13.1. The molecule has 0 amide bonds. The van der Waals surface area contributed by atoms with E-state index in [1.54, 1.807) is 0 Å². The van der Waals surface area contributed by atoms with Gasteiger partial charge in [0.1, 0.15) is 11.8 Å². The second-order valence-electron chi connectivity index (χ2n) is 4.85. The number of Topliss-reactive ketones (excluding diaryl/α,β-unsaturated/α-hetero) is 1. The Morgan fingerprint density at radius 3 is 2.69 bits per heavy atom. The molecule has 1 aliphatic heterocycles. The minimum atomic E-state index is -0.374. The van der Waals surface area contributed by atoms with E-state index in [0.717, 1.165) is 0 Å². The molecule has 1 atom stereocenters. The summed E-state index contributed by atoms with van der Waals surface area (Å²) in [6.45, 7) is 5.86. The summed E-state index contributed by atoms with van der Waals surface area (Å²) >= 11 is 0. The molecule has 1 saturated heterocycles. The third-order valence-electron chi connectivity index (χ3n) is 2.24. The zero-order valence-corrected chi connectivity index (χ0v) is 10.0. The first-order valence-electron chi connectivity index (χ1n) is 5.44. The highest BCUT2D eigenvalue weighted by Crippen LogP contribution is 2.09. The van der Waals surface area contributed by atoms with E-state index in [9.17, 15) is 9.59 Å². The molecule has 5 nitrogen and oxygen atoms in total. The van der Waals surface area contributed by atoms with E-state index in [2.05, 4.69) is 5.32 Å². The zero-order valence-electron chi connectivity index (χ0n) is 10.0. The second-order valence-corrected chi connectivity index (χ2v) is 4.85. The fourth-order valence-corrected chi connectivity index (χ4v) is 1.30. The molecule has 1 unspecified atom stereocenters. The van der Waals surface area contributed by atoms with Gasteiger partial charge in [-0.15, -0.1) is 0 Å². The predicted octanol–water partition coefficient (Wildman–Crippen LogP) is 0.623. The maximum atomic E-state index is 11.5. The van der Waals surface area contributed by atoms with E-state index in [0.29, 0.717) is 12.8 Å². The van der Waals surface area contributed by atoms with Crippen molar-refractivity contribution in [1.82, 2.24) is 5.32 Å². The first-order valence-corrected chi connectivity index (χ1v) is 5.44. The van der Waals surface area contributed by atoms with Gasteiger partial charge in [0.2, 0.25) is 0 Å². The van der Waals surface area contributed by atoms with Crippen LogP contribution in [-0.4, -0.2) is 36.7 Å². The van der Waals surface area contributed by atoms with Gasteiger partial charge in [0.15, 0.2) is 6.79 Å². The number of rotatable bonds is 3. The van der Waals surface area contributed by atoms with E-state index in [-0.39, 0.29) is 36.7 Å². The summed E-state index contributed by atoms with van der Waals surface area (Å²) in [5.74, 6) is -0.216. The van der Waals surface area contributed by atoms with Gasteiger partial charge in [-0.3, -0.25) is 14.9 Å². The SMILES string of the molecule is CC(C)(C)OCOC(=O)C1CCC(=O)CN1. The highest BCUT2D eigenvalue weighted by atomic mass is 16.7. The molecule has 0 saturated carbocycles. The number of ketones is 1. The Bertz CT molecular complexity index is 260. The molecule has 1 rings (SSSR count). The summed E-state index contributed by atoms with van der Waals surface area (Å²) in [7, 11) is 0. The lowest BCUT2D eigenvalue weighted by Gasteiger charge is -2.23. The molecule has 0 bridgehead atoms. The number of ether oxygens (including phenoxy) is 2. The molecular weight excluding hydrogens is 210 g/mol. The molecule has 1 fully saturated rings. The maximum absolute atomic E-state index is 11.5. The van der Waals surface area contributed by atoms with Crippen molar-refractivity contribution in [2.24, 2.45) is 0 Å². The van der Waals surface area contributed by atoms with E-state index in [1.165, 1.54) is 0 Å². The Morgan fingerprint density at radius 2 is 2.19 bits per heavy atom. The highest BCUT2D eigenvalue weighted by molar-refractivity contribution is 5.85. The van der Waals surface area contributed by atoms with Crippen LogP contribution in [0.15, 0.2) is 0 Å². The summed E-state index contributed by atoms with van der Waals surface area (Å²) in [5.41, 5.74) is -0.323. The second kappa shape index (κ2) is 5.41. The van der Waals surface area contributed by atoms with Crippen LogP contribution in [0.25, 0.3) is 0 Å².